The predicted octanol–water partition coefficient (Wildman–Crippen LogP) is -7.57. The first-order chi connectivity index (χ1) is 16.0. The monoisotopic (exact) mass is 504 g/mol. The summed E-state index contributed by atoms with van der Waals surface area (Å²) < 4.78 is 26.4. The Morgan fingerprint density at radius 2 is 1.00 bits per heavy atom. The van der Waals surface area contributed by atoms with E-state index in [0.717, 1.165) is 0 Å². The van der Waals surface area contributed by atoms with Crippen LogP contribution in [0.25, 0.3) is 0 Å². The maximum atomic E-state index is 10.4. The fourth-order valence-corrected chi connectivity index (χ4v) is 3.95. The molecule has 0 aliphatic carbocycles. The lowest BCUT2D eigenvalue weighted by atomic mass is 9.97. The Bertz CT molecular complexity index is 637. The van der Waals surface area contributed by atoms with E-state index in [4.69, 9.17) is 23.7 Å². The van der Waals surface area contributed by atoms with Crippen molar-refractivity contribution < 1.29 is 79.9 Å². The van der Waals surface area contributed by atoms with Crippen LogP contribution >= 0.6 is 0 Å². The van der Waals surface area contributed by atoms with E-state index in [0.29, 0.717) is 0 Å². The third-order valence-corrected chi connectivity index (χ3v) is 6.07. The Morgan fingerprint density at radius 1 is 0.500 bits per heavy atom. The topological polar surface area (TPSA) is 269 Å². The summed E-state index contributed by atoms with van der Waals surface area (Å²) >= 11 is 0. The van der Waals surface area contributed by atoms with Crippen molar-refractivity contribution in [1.29, 1.82) is 0 Å². The molecule has 11 N–H and O–H groups in total. The van der Waals surface area contributed by atoms with Gasteiger partial charge >= 0.3 is 0 Å². The molecular weight excluding hydrogens is 472 g/mol. The predicted molar refractivity (Wildman–Crippen MR) is 101 cm³/mol. The minimum absolute atomic E-state index is 0.619. The Hall–Kier alpha value is -0.640. The van der Waals surface area contributed by atoms with Gasteiger partial charge in [-0.15, -0.1) is 0 Å². The largest absolute Gasteiger partial charge is 0.394 e. The number of hydrogen-bond acceptors (Lipinski definition) is 16. The van der Waals surface area contributed by atoms with Crippen LogP contribution in [-0.2, 0) is 23.7 Å². The van der Waals surface area contributed by atoms with E-state index >= 15 is 0 Å². The third-order valence-electron chi connectivity index (χ3n) is 6.07. The molecular formula is C18H32O16. The smallest absolute Gasteiger partial charge is 0.187 e. The first-order valence-corrected chi connectivity index (χ1v) is 10.6. The molecule has 200 valence electrons. The fraction of sp³-hybridized carbons (Fsp3) is 1.00. The Labute approximate surface area is 192 Å². The average molecular weight is 504 g/mol. The summed E-state index contributed by atoms with van der Waals surface area (Å²) in [6.45, 7) is -2.08. The van der Waals surface area contributed by atoms with E-state index in [9.17, 15) is 56.2 Å². The maximum absolute atomic E-state index is 10.4. The molecule has 3 heterocycles. The van der Waals surface area contributed by atoms with E-state index in [1.54, 1.807) is 0 Å². The van der Waals surface area contributed by atoms with Gasteiger partial charge in [-0.2, -0.15) is 0 Å². The molecule has 0 bridgehead atoms. The van der Waals surface area contributed by atoms with E-state index in [2.05, 4.69) is 0 Å². The SMILES string of the molecule is OC[C@H]1OC(O[C@H]2C(O)[C@H](O)C(O)O[C@@H]2CO[C@H]2O[C@H](CO)[C@H](O)C(O)[C@H]2O)[C@@H](O)[C@@H](O)[C@@H]1O. The second-order valence-electron chi connectivity index (χ2n) is 8.37. The first kappa shape index (κ1) is 27.9. The molecule has 0 amide bonds. The fourth-order valence-electron chi connectivity index (χ4n) is 3.95. The van der Waals surface area contributed by atoms with Gasteiger partial charge in [0.15, 0.2) is 18.9 Å². The maximum Gasteiger partial charge on any atom is 0.187 e. The second-order valence-corrected chi connectivity index (χ2v) is 8.37. The molecule has 16 nitrogen and oxygen atoms in total. The standard InChI is InChI=1S/C18H32O16/c19-1-4-7(21)9(23)13(27)17(32-4)30-3-6-15(11(25)12(26)16(29)31-6)34-18-14(28)10(24)8(22)5(2-20)33-18/h4-29H,1-3H2/t4-,5-,6-,7+,8-,9?,10+,11?,12+,13-,14+,15-,16?,17+,18?/m1/s1. The molecule has 15 atom stereocenters. The van der Waals surface area contributed by atoms with Gasteiger partial charge in [0, 0.05) is 0 Å². The molecule has 16 heteroatoms. The molecule has 3 aliphatic heterocycles. The lowest BCUT2D eigenvalue weighted by Gasteiger charge is -2.46. The van der Waals surface area contributed by atoms with E-state index in [-0.39, 0.29) is 0 Å². The number of aliphatic hydroxyl groups is 11. The highest BCUT2D eigenvalue weighted by Crippen LogP contribution is 2.30. The number of rotatable bonds is 7. The average Bonchev–Trinajstić information content (AvgIpc) is 2.82. The van der Waals surface area contributed by atoms with E-state index < -0.39 is 112 Å². The molecule has 4 unspecified atom stereocenters. The molecule has 0 radical (unpaired) electrons. The number of ether oxygens (including phenoxy) is 5. The summed E-state index contributed by atoms with van der Waals surface area (Å²) in [6, 6.07) is 0. The minimum Gasteiger partial charge on any atom is -0.394 e. The van der Waals surface area contributed by atoms with Crippen LogP contribution in [-0.4, -0.2) is 168 Å². The van der Waals surface area contributed by atoms with Crippen LogP contribution in [0.1, 0.15) is 0 Å². The highest BCUT2D eigenvalue weighted by atomic mass is 16.7. The van der Waals surface area contributed by atoms with Gasteiger partial charge in [0.1, 0.15) is 73.2 Å². The van der Waals surface area contributed by atoms with Crippen molar-refractivity contribution in [2.75, 3.05) is 19.8 Å². The molecule has 34 heavy (non-hydrogen) atoms. The number of hydrogen-bond donors (Lipinski definition) is 11. The van der Waals surface area contributed by atoms with Crippen molar-refractivity contribution in [3.8, 4) is 0 Å². The van der Waals surface area contributed by atoms with Gasteiger partial charge in [-0.3, -0.25) is 0 Å². The Kier molecular flexibility index (Phi) is 9.54. The van der Waals surface area contributed by atoms with Gasteiger partial charge in [-0.25, -0.2) is 0 Å². The van der Waals surface area contributed by atoms with Crippen LogP contribution in [0.2, 0.25) is 0 Å². The van der Waals surface area contributed by atoms with Crippen LogP contribution in [0.15, 0.2) is 0 Å². The van der Waals surface area contributed by atoms with Crippen LogP contribution in [0.4, 0.5) is 0 Å². The molecule has 3 aliphatic rings. The zero-order chi connectivity index (χ0) is 25.3. The normalized spacial score (nSPS) is 52.5. The minimum atomic E-state index is -1.91. The van der Waals surface area contributed by atoms with Crippen LogP contribution < -0.4 is 0 Å². The zero-order valence-electron chi connectivity index (χ0n) is 17.7. The molecule has 0 spiro atoms. The molecule has 3 fully saturated rings. The van der Waals surface area contributed by atoms with Crippen molar-refractivity contribution in [2.24, 2.45) is 0 Å². The lowest BCUT2D eigenvalue weighted by Crippen LogP contribution is -2.65. The van der Waals surface area contributed by atoms with Crippen molar-refractivity contribution in [3.05, 3.63) is 0 Å². The van der Waals surface area contributed by atoms with Crippen molar-refractivity contribution in [3.63, 3.8) is 0 Å². The van der Waals surface area contributed by atoms with Gasteiger partial charge in [-0.1, -0.05) is 0 Å². The van der Waals surface area contributed by atoms with E-state index in [1.807, 2.05) is 0 Å². The zero-order valence-corrected chi connectivity index (χ0v) is 17.7. The molecule has 0 aromatic heterocycles. The summed E-state index contributed by atoms with van der Waals surface area (Å²) in [6.07, 6.45) is -25.0. The van der Waals surface area contributed by atoms with Gasteiger partial charge in [0.2, 0.25) is 0 Å². The summed E-state index contributed by atoms with van der Waals surface area (Å²) in [5.74, 6) is 0. The molecule has 0 saturated carbocycles. The van der Waals surface area contributed by atoms with Crippen molar-refractivity contribution in [1.82, 2.24) is 0 Å². The van der Waals surface area contributed by atoms with Crippen LogP contribution in [0, 0.1) is 0 Å². The molecule has 0 aromatic carbocycles. The summed E-state index contributed by atoms with van der Waals surface area (Å²) in [4.78, 5) is 0. The lowest BCUT2D eigenvalue weighted by molar-refractivity contribution is -0.363. The first-order valence-electron chi connectivity index (χ1n) is 10.6. The van der Waals surface area contributed by atoms with Gasteiger partial charge < -0.3 is 79.9 Å². The van der Waals surface area contributed by atoms with Gasteiger partial charge in [0.05, 0.1) is 19.8 Å². The van der Waals surface area contributed by atoms with Crippen LogP contribution in [0.3, 0.4) is 0 Å². The Balaban J connectivity index is 1.72. The molecule has 3 rings (SSSR count). The quantitative estimate of drug-likeness (QED) is 0.154. The summed E-state index contributed by atoms with van der Waals surface area (Å²) in [5, 5.41) is 109. The van der Waals surface area contributed by atoms with Crippen LogP contribution in [0.5, 0.6) is 0 Å². The van der Waals surface area contributed by atoms with E-state index in [1.165, 1.54) is 0 Å². The Morgan fingerprint density at radius 3 is 1.53 bits per heavy atom. The number of aliphatic hydroxyl groups excluding tert-OH is 11. The van der Waals surface area contributed by atoms with Gasteiger partial charge in [0.25, 0.3) is 0 Å². The summed E-state index contributed by atoms with van der Waals surface area (Å²) in [5.41, 5.74) is 0. The second kappa shape index (κ2) is 11.6. The van der Waals surface area contributed by atoms with Crippen molar-refractivity contribution in [2.45, 2.75) is 92.1 Å². The highest BCUT2D eigenvalue weighted by Gasteiger charge is 2.51. The third kappa shape index (κ3) is 5.52. The highest BCUT2D eigenvalue weighted by molar-refractivity contribution is 4.94. The van der Waals surface area contributed by atoms with Gasteiger partial charge in [-0.05, 0) is 0 Å². The molecule has 0 aromatic rings. The molecule has 3 saturated heterocycles. The summed E-state index contributed by atoms with van der Waals surface area (Å²) in [7, 11) is 0. The van der Waals surface area contributed by atoms with Crippen molar-refractivity contribution >= 4 is 0 Å².